The van der Waals surface area contributed by atoms with Gasteiger partial charge in [0.15, 0.2) is 11.5 Å². The molecule has 0 spiro atoms. The van der Waals surface area contributed by atoms with Crippen LogP contribution in [0.4, 0.5) is 5.69 Å². The van der Waals surface area contributed by atoms with E-state index in [2.05, 4.69) is 5.32 Å². The van der Waals surface area contributed by atoms with Crippen molar-refractivity contribution >= 4 is 27.5 Å². The molecule has 1 aliphatic rings. The predicted octanol–water partition coefficient (Wildman–Crippen LogP) is 3.61. The number of hydrogen-bond donors (Lipinski definition) is 1. The van der Waals surface area contributed by atoms with E-state index < -0.39 is 28.5 Å². The van der Waals surface area contributed by atoms with Crippen molar-refractivity contribution in [3.63, 3.8) is 0 Å². The fourth-order valence-corrected chi connectivity index (χ4v) is 6.00. The van der Waals surface area contributed by atoms with Crippen LogP contribution in [0.3, 0.4) is 0 Å². The van der Waals surface area contributed by atoms with Crippen molar-refractivity contribution in [2.24, 2.45) is 0 Å². The van der Waals surface area contributed by atoms with Crippen molar-refractivity contribution in [2.75, 3.05) is 37.7 Å². The third-order valence-electron chi connectivity index (χ3n) is 6.67. The molecular weight excluding hydrogens is 546 g/mol. The summed E-state index contributed by atoms with van der Waals surface area (Å²) in [6, 6.07) is 19.0. The van der Waals surface area contributed by atoms with Gasteiger partial charge in [0.2, 0.25) is 11.8 Å². The Morgan fingerprint density at radius 1 is 0.951 bits per heavy atom. The molecule has 0 aromatic heterocycles. The number of benzene rings is 3. The van der Waals surface area contributed by atoms with Gasteiger partial charge in [-0.15, -0.1) is 0 Å². The highest BCUT2D eigenvalue weighted by Crippen LogP contribution is 2.36. The number of fused-ring (bicyclic) bond motifs is 1. The monoisotopic (exact) mass is 581 g/mol. The van der Waals surface area contributed by atoms with Gasteiger partial charge in [0.25, 0.3) is 10.0 Å². The minimum absolute atomic E-state index is 0.0279. The SMILES string of the molecule is CCNC(=O)[C@H](CC)N(Cc1ccc(OC)cc1)C(=O)CN(c1ccc2c(c1)OCCO2)S(=O)(=O)c1ccccc1. The molecule has 0 saturated carbocycles. The summed E-state index contributed by atoms with van der Waals surface area (Å²) in [4.78, 5) is 28.6. The summed E-state index contributed by atoms with van der Waals surface area (Å²) in [6.45, 7) is 4.27. The summed E-state index contributed by atoms with van der Waals surface area (Å²) in [7, 11) is -2.62. The Morgan fingerprint density at radius 2 is 1.63 bits per heavy atom. The number of nitrogens with zero attached hydrogens (tertiary/aromatic N) is 2. The molecule has 218 valence electrons. The van der Waals surface area contributed by atoms with E-state index >= 15 is 0 Å². The highest BCUT2D eigenvalue weighted by atomic mass is 32.2. The van der Waals surface area contributed by atoms with Crippen LogP contribution in [-0.4, -0.2) is 64.6 Å². The number of anilines is 1. The number of ether oxygens (including phenoxy) is 3. The van der Waals surface area contributed by atoms with Gasteiger partial charge in [0.05, 0.1) is 17.7 Å². The number of rotatable bonds is 12. The van der Waals surface area contributed by atoms with Gasteiger partial charge in [0, 0.05) is 19.2 Å². The normalized spacial score (nSPS) is 13.1. The van der Waals surface area contributed by atoms with Crippen LogP contribution in [0.1, 0.15) is 25.8 Å². The second-order valence-corrected chi connectivity index (χ2v) is 11.2. The van der Waals surface area contributed by atoms with Gasteiger partial charge >= 0.3 is 0 Å². The van der Waals surface area contributed by atoms with Crippen LogP contribution in [0.2, 0.25) is 0 Å². The molecule has 0 aliphatic carbocycles. The maximum atomic E-state index is 14.1. The lowest BCUT2D eigenvalue weighted by Crippen LogP contribution is -2.52. The number of nitrogens with one attached hydrogen (secondary N) is 1. The number of sulfonamides is 1. The van der Waals surface area contributed by atoms with Crippen LogP contribution in [0, 0.1) is 0 Å². The number of methoxy groups -OCH3 is 1. The van der Waals surface area contributed by atoms with Crippen LogP contribution in [0.5, 0.6) is 17.2 Å². The largest absolute Gasteiger partial charge is 0.497 e. The highest BCUT2D eigenvalue weighted by Gasteiger charge is 2.34. The zero-order chi connectivity index (χ0) is 29.4. The Hall–Kier alpha value is -4.25. The van der Waals surface area contributed by atoms with Crippen LogP contribution < -0.4 is 23.8 Å². The molecule has 0 bridgehead atoms. The lowest BCUT2D eigenvalue weighted by Gasteiger charge is -2.33. The first-order chi connectivity index (χ1) is 19.8. The van der Waals surface area contributed by atoms with Gasteiger partial charge in [-0.05, 0) is 55.3 Å². The summed E-state index contributed by atoms with van der Waals surface area (Å²) in [5.41, 5.74) is 1.00. The molecule has 11 heteroatoms. The Labute approximate surface area is 240 Å². The molecule has 1 aliphatic heterocycles. The van der Waals surface area contributed by atoms with E-state index in [-0.39, 0.29) is 23.0 Å². The van der Waals surface area contributed by atoms with Gasteiger partial charge in [-0.3, -0.25) is 13.9 Å². The van der Waals surface area contributed by atoms with Crippen molar-refractivity contribution in [2.45, 2.75) is 37.8 Å². The lowest BCUT2D eigenvalue weighted by atomic mass is 10.1. The van der Waals surface area contributed by atoms with Crippen molar-refractivity contribution in [1.82, 2.24) is 10.2 Å². The summed E-state index contributed by atoms with van der Waals surface area (Å²) in [6.07, 6.45) is 0.336. The Bertz CT molecular complexity index is 1450. The first-order valence-electron chi connectivity index (χ1n) is 13.5. The summed E-state index contributed by atoms with van der Waals surface area (Å²) >= 11 is 0. The molecule has 2 amide bonds. The molecule has 0 radical (unpaired) electrons. The molecule has 1 N–H and O–H groups in total. The van der Waals surface area contributed by atoms with Crippen molar-refractivity contribution in [3.05, 3.63) is 78.4 Å². The molecule has 3 aromatic carbocycles. The zero-order valence-electron chi connectivity index (χ0n) is 23.4. The Balaban J connectivity index is 1.74. The maximum absolute atomic E-state index is 14.1. The topological polar surface area (TPSA) is 114 Å². The van der Waals surface area contributed by atoms with Crippen molar-refractivity contribution in [1.29, 1.82) is 0 Å². The number of likely N-dealkylation sites (N-methyl/N-ethyl adjacent to an activating group) is 1. The summed E-state index contributed by atoms with van der Waals surface area (Å²) < 4.78 is 45.5. The molecule has 41 heavy (non-hydrogen) atoms. The maximum Gasteiger partial charge on any atom is 0.264 e. The second kappa shape index (κ2) is 13.4. The quantitative estimate of drug-likeness (QED) is 0.348. The molecule has 3 aromatic rings. The van der Waals surface area contributed by atoms with E-state index in [1.807, 2.05) is 19.1 Å². The second-order valence-electron chi connectivity index (χ2n) is 9.34. The van der Waals surface area contributed by atoms with E-state index in [1.165, 1.54) is 17.0 Å². The molecular formula is C30H35N3O7S. The molecule has 0 saturated heterocycles. The molecule has 1 atom stereocenters. The minimum Gasteiger partial charge on any atom is -0.497 e. The third-order valence-corrected chi connectivity index (χ3v) is 8.46. The van der Waals surface area contributed by atoms with E-state index in [4.69, 9.17) is 14.2 Å². The number of carbonyl (C=O) groups excluding carboxylic acids is 2. The average Bonchev–Trinajstić information content (AvgIpc) is 3.00. The van der Waals surface area contributed by atoms with Gasteiger partial charge < -0.3 is 24.4 Å². The Morgan fingerprint density at radius 3 is 2.27 bits per heavy atom. The lowest BCUT2D eigenvalue weighted by molar-refractivity contribution is -0.140. The smallest absolute Gasteiger partial charge is 0.264 e. The number of amides is 2. The third kappa shape index (κ3) is 6.91. The minimum atomic E-state index is -4.18. The fourth-order valence-electron chi connectivity index (χ4n) is 4.57. The number of hydrogen-bond acceptors (Lipinski definition) is 7. The van der Waals surface area contributed by atoms with Crippen LogP contribution in [0.15, 0.2) is 77.7 Å². The fraction of sp³-hybridized carbons (Fsp3) is 0.333. The van der Waals surface area contributed by atoms with E-state index in [9.17, 15) is 18.0 Å². The van der Waals surface area contributed by atoms with Crippen LogP contribution in [0.25, 0.3) is 0 Å². The molecule has 10 nitrogen and oxygen atoms in total. The van der Waals surface area contributed by atoms with Crippen LogP contribution in [-0.2, 0) is 26.2 Å². The van der Waals surface area contributed by atoms with Crippen molar-refractivity contribution in [3.8, 4) is 17.2 Å². The number of carbonyl (C=O) groups is 2. The van der Waals surface area contributed by atoms with E-state index in [0.29, 0.717) is 43.4 Å². The van der Waals surface area contributed by atoms with Gasteiger partial charge in [-0.2, -0.15) is 0 Å². The summed E-state index contributed by atoms with van der Waals surface area (Å²) in [5.74, 6) is 0.688. The first kappa shape index (κ1) is 29.7. The standard InChI is InChI=1S/C30H35N3O7S/c1-4-26(30(35)31-5-2)32(20-22-11-14-24(38-3)15-12-22)29(34)21-33(41(36,37)25-9-7-6-8-10-25)23-13-16-27-28(19-23)40-18-17-39-27/h6-16,19,26H,4-5,17-18,20-21H2,1-3H3,(H,31,35)/t26-/m0/s1. The summed E-state index contributed by atoms with van der Waals surface area (Å²) in [5, 5.41) is 2.80. The first-order valence-corrected chi connectivity index (χ1v) is 14.9. The average molecular weight is 582 g/mol. The molecule has 4 rings (SSSR count). The van der Waals surface area contributed by atoms with Crippen LogP contribution >= 0.6 is 0 Å². The highest BCUT2D eigenvalue weighted by molar-refractivity contribution is 7.92. The Kier molecular flexibility index (Phi) is 9.72. The zero-order valence-corrected chi connectivity index (χ0v) is 24.2. The molecule has 1 heterocycles. The predicted molar refractivity (Wildman–Crippen MR) is 155 cm³/mol. The van der Waals surface area contributed by atoms with Gasteiger partial charge in [-0.25, -0.2) is 8.42 Å². The van der Waals surface area contributed by atoms with Crippen molar-refractivity contribution < 1.29 is 32.2 Å². The molecule has 0 fully saturated rings. The van der Waals surface area contributed by atoms with Gasteiger partial charge in [-0.1, -0.05) is 37.3 Å². The van der Waals surface area contributed by atoms with Gasteiger partial charge in [0.1, 0.15) is 31.5 Å². The van der Waals surface area contributed by atoms with E-state index in [0.717, 1.165) is 9.87 Å². The molecule has 0 unspecified atom stereocenters. The van der Waals surface area contributed by atoms with E-state index in [1.54, 1.807) is 62.6 Å².